The highest BCUT2D eigenvalue weighted by molar-refractivity contribution is 7.99. The van der Waals surface area contributed by atoms with E-state index < -0.39 is 5.97 Å². The fourth-order valence-electron chi connectivity index (χ4n) is 1.77. The fraction of sp³-hybridized carbons (Fsp3) is 0.700. The summed E-state index contributed by atoms with van der Waals surface area (Å²) in [5.74, 6) is 0.322. The van der Waals surface area contributed by atoms with Crippen molar-refractivity contribution in [1.82, 2.24) is 14.8 Å². The van der Waals surface area contributed by atoms with Crippen LogP contribution >= 0.6 is 11.8 Å². The third-order valence-corrected chi connectivity index (χ3v) is 3.66. The SMILES string of the molecule is Cn1nc(C2CCOCC2)nc1SCC(=O)O. The Labute approximate surface area is 103 Å². The quantitative estimate of drug-likeness (QED) is 0.807. The monoisotopic (exact) mass is 257 g/mol. The average Bonchev–Trinajstić information content (AvgIpc) is 2.69. The zero-order valence-electron chi connectivity index (χ0n) is 9.63. The number of ether oxygens (including phenoxy) is 1. The van der Waals surface area contributed by atoms with Gasteiger partial charge in [0.25, 0.3) is 0 Å². The Morgan fingerprint density at radius 1 is 1.59 bits per heavy atom. The molecule has 0 radical (unpaired) electrons. The fourth-order valence-corrected chi connectivity index (χ4v) is 2.41. The van der Waals surface area contributed by atoms with E-state index >= 15 is 0 Å². The summed E-state index contributed by atoms with van der Waals surface area (Å²) in [6.45, 7) is 1.50. The van der Waals surface area contributed by atoms with E-state index in [0.717, 1.165) is 31.9 Å². The molecule has 94 valence electrons. The van der Waals surface area contributed by atoms with Crippen molar-refractivity contribution in [2.24, 2.45) is 7.05 Å². The van der Waals surface area contributed by atoms with Crippen molar-refractivity contribution in [3.63, 3.8) is 0 Å². The number of hydrogen-bond donors (Lipinski definition) is 1. The number of rotatable bonds is 4. The number of hydrogen-bond acceptors (Lipinski definition) is 5. The number of carboxylic acid groups (broad SMARTS) is 1. The smallest absolute Gasteiger partial charge is 0.313 e. The van der Waals surface area contributed by atoms with Crippen LogP contribution in [0.3, 0.4) is 0 Å². The maximum atomic E-state index is 10.5. The standard InChI is InChI=1S/C10H15N3O3S/c1-13-10(17-6-8(14)15)11-9(12-13)7-2-4-16-5-3-7/h7H,2-6H2,1H3,(H,14,15). The molecule has 1 saturated heterocycles. The van der Waals surface area contributed by atoms with Gasteiger partial charge in [-0.1, -0.05) is 11.8 Å². The zero-order valence-corrected chi connectivity index (χ0v) is 10.4. The van der Waals surface area contributed by atoms with Crippen molar-refractivity contribution in [1.29, 1.82) is 0 Å². The van der Waals surface area contributed by atoms with Crippen LogP contribution in [0.4, 0.5) is 0 Å². The van der Waals surface area contributed by atoms with Gasteiger partial charge in [-0.25, -0.2) is 9.67 Å². The van der Waals surface area contributed by atoms with Gasteiger partial charge in [0, 0.05) is 26.2 Å². The van der Waals surface area contributed by atoms with Crippen molar-refractivity contribution in [2.75, 3.05) is 19.0 Å². The van der Waals surface area contributed by atoms with E-state index in [-0.39, 0.29) is 5.75 Å². The number of aromatic nitrogens is 3. The summed E-state index contributed by atoms with van der Waals surface area (Å²) in [6.07, 6.45) is 1.88. The van der Waals surface area contributed by atoms with E-state index in [9.17, 15) is 4.79 Å². The van der Waals surface area contributed by atoms with Gasteiger partial charge in [-0.15, -0.1) is 0 Å². The Bertz CT molecular complexity index is 402. The minimum atomic E-state index is -0.842. The predicted octanol–water partition coefficient (Wildman–Crippen LogP) is 0.886. The minimum absolute atomic E-state index is 0.0136. The largest absolute Gasteiger partial charge is 0.481 e. The lowest BCUT2D eigenvalue weighted by Crippen LogP contribution is -2.15. The van der Waals surface area contributed by atoms with Crippen molar-refractivity contribution < 1.29 is 14.6 Å². The molecule has 0 spiro atoms. The molecule has 0 saturated carbocycles. The van der Waals surface area contributed by atoms with Crippen LogP contribution in [0.5, 0.6) is 0 Å². The van der Waals surface area contributed by atoms with E-state index in [4.69, 9.17) is 9.84 Å². The van der Waals surface area contributed by atoms with Gasteiger partial charge in [0.05, 0.1) is 5.75 Å². The van der Waals surface area contributed by atoms with Crippen LogP contribution in [0.15, 0.2) is 5.16 Å². The Hall–Kier alpha value is -1.08. The molecule has 0 unspecified atom stereocenters. The Balaban J connectivity index is 2.03. The number of thioether (sulfide) groups is 1. The number of aliphatic carboxylic acids is 1. The van der Waals surface area contributed by atoms with E-state index in [0.29, 0.717) is 11.1 Å². The van der Waals surface area contributed by atoms with Crippen molar-refractivity contribution >= 4 is 17.7 Å². The van der Waals surface area contributed by atoms with Crippen molar-refractivity contribution in [3.05, 3.63) is 5.82 Å². The number of carboxylic acids is 1. The topological polar surface area (TPSA) is 77.2 Å². The van der Waals surface area contributed by atoms with E-state index in [1.807, 2.05) is 0 Å². The van der Waals surface area contributed by atoms with Crippen LogP contribution in [0, 0.1) is 0 Å². The van der Waals surface area contributed by atoms with Gasteiger partial charge in [-0.2, -0.15) is 5.10 Å². The number of nitrogens with zero attached hydrogens (tertiary/aromatic N) is 3. The summed E-state index contributed by atoms with van der Waals surface area (Å²) >= 11 is 1.20. The lowest BCUT2D eigenvalue weighted by atomic mass is 10.00. The molecule has 0 amide bonds. The summed E-state index contributed by atoms with van der Waals surface area (Å²) in [7, 11) is 1.79. The molecule has 0 aliphatic carbocycles. The second-order valence-corrected chi connectivity index (χ2v) is 4.89. The first kappa shape index (κ1) is 12.4. The Kier molecular flexibility index (Phi) is 4.01. The summed E-state index contributed by atoms with van der Waals surface area (Å²) in [6, 6.07) is 0. The molecule has 1 aromatic rings. The molecule has 0 bridgehead atoms. The van der Waals surface area contributed by atoms with Crippen molar-refractivity contribution in [3.8, 4) is 0 Å². The Morgan fingerprint density at radius 2 is 2.29 bits per heavy atom. The van der Waals surface area contributed by atoms with Gasteiger partial charge < -0.3 is 9.84 Å². The molecule has 17 heavy (non-hydrogen) atoms. The molecule has 1 fully saturated rings. The van der Waals surface area contributed by atoms with Gasteiger partial charge >= 0.3 is 5.97 Å². The number of aryl methyl sites for hydroxylation is 1. The highest BCUT2D eigenvalue weighted by Crippen LogP contribution is 2.26. The van der Waals surface area contributed by atoms with Crippen LogP contribution in [-0.4, -0.2) is 44.8 Å². The molecule has 2 heterocycles. The molecule has 6 nitrogen and oxygen atoms in total. The highest BCUT2D eigenvalue weighted by atomic mass is 32.2. The number of carbonyl (C=O) groups is 1. The normalized spacial score (nSPS) is 17.2. The predicted molar refractivity (Wildman–Crippen MR) is 62.2 cm³/mol. The molecule has 1 aliphatic rings. The molecular formula is C10H15N3O3S. The van der Waals surface area contributed by atoms with Crippen LogP contribution in [0.25, 0.3) is 0 Å². The zero-order chi connectivity index (χ0) is 12.3. The van der Waals surface area contributed by atoms with Gasteiger partial charge in [-0.3, -0.25) is 4.79 Å². The average molecular weight is 257 g/mol. The second-order valence-electron chi connectivity index (χ2n) is 3.95. The maximum Gasteiger partial charge on any atom is 0.313 e. The lowest BCUT2D eigenvalue weighted by molar-refractivity contribution is -0.133. The van der Waals surface area contributed by atoms with Gasteiger partial charge in [0.2, 0.25) is 0 Å². The first-order valence-corrected chi connectivity index (χ1v) is 6.48. The summed E-state index contributed by atoms with van der Waals surface area (Å²) in [5, 5.41) is 13.6. The molecule has 1 aliphatic heterocycles. The molecule has 1 aromatic heterocycles. The first-order chi connectivity index (χ1) is 8.16. The van der Waals surface area contributed by atoms with Gasteiger partial charge in [0.1, 0.15) is 0 Å². The van der Waals surface area contributed by atoms with Crippen LogP contribution in [0.1, 0.15) is 24.6 Å². The van der Waals surface area contributed by atoms with E-state index in [1.54, 1.807) is 11.7 Å². The summed E-state index contributed by atoms with van der Waals surface area (Å²) < 4.78 is 6.94. The molecule has 2 rings (SSSR count). The summed E-state index contributed by atoms with van der Waals surface area (Å²) in [4.78, 5) is 14.9. The molecular weight excluding hydrogens is 242 g/mol. The molecule has 7 heteroatoms. The van der Waals surface area contributed by atoms with Gasteiger partial charge in [0.15, 0.2) is 11.0 Å². The lowest BCUT2D eigenvalue weighted by Gasteiger charge is -2.18. The van der Waals surface area contributed by atoms with Crippen LogP contribution < -0.4 is 0 Å². The van der Waals surface area contributed by atoms with E-state index in [1.165, 1.54) is 11.8 Å². The molecule has 1 N–H and O–H groups in total. The third-order valence-electron chi connectivity index (χ3n) is 2.65. The highest BCUT2D eigenvalue weighted by Gasteiger charge is 2.21. The van der Waals surface area contributed by atoms with Crippen LogP contribution in [0.2, 0.25) is 0 Å². The molecule has 0 atom stereocenters. The van der Waals surface area contributed by atoms with Gasteiger partial charge in [-0.05, 0) is 12.8 Å². The second kappa shape index (κ2) is 5.50. The Morgan fingerprint density at radius 3 is 2.94 bits per heavy atom. The third kappa shape index (κ3) is 3.19. The molecule has 0 aromatic carbocycles. The van der Waals surface area contributed by atoms with E-state index in [2.05, 4.69) is 10.1 Å². The van der Waals surface area contributed by atoms with Crippen LogP contribution in [-0.2, 0) is 16.6 Å². The first-order valence-electron chi connectivity index (χ1n) is 5.50. The minimum Gasteiger partial charge on any atom is -0.481 e. The maximum absolute atomic E-state index is 10.5. The van der Waals surface area contributed by atoms with Crippen molar-refractivity contribution in [2.45, 2.75) is 23.9 Å². The summed E-state index contributed by atoms with van der Waals surface area (Å²) in [5.41, 5.74) is 0.